The summed E-state index contributed by atoms with van der Waals surface area (Å²) < 4.78 is 22.1. The minimum absolute atomic E-state index is 0.355. The third-order valence-electron chi connectivity index (χ3n) is 2.51. The van der Waals surface area contributed by atoms with E-state index in [4.69, 9.17) is 12.2 Å². The zero-order valence-electron chi connectivity index (χ0n) is 9.96. The number of hydrogen-bond acceptors (Lipinski definition) is 3. The molecule has 0 heterocycles. The van der Waals surface area contributed by atoms with Gasteiger partial charge in [0.15, 0.2) is 5.11 Å². The van der Waals surface area contributed by atoms with Crippen molar-refractivity contribution in [1.82, 2.24) is 10.3 Å². The number of benzene rings is 1. The van der Waals surface area contributed by atoms with Crippen molar-refractivity contribution in [3.8, 4) is 0 Å². The zero-order valence-corrected chi connectivity index (χ0v) is 11.6. The van der Waals surface area contributed by atoms with Gasteiger partial charge in [-0.05, 0) is 37.2 Å². The van der Waals surface area contributed by atoms with Crippen LogP contribution in [0.5, 0.6) is 0 Å². The largest absolute Gasteiger partial charge is 0.315 e. The van der Waals surface area contributed by atoms with Gasteiger partial charge in [-0.3, -0.25) is 5.43 Å². The van der Waals surface area contributed by atoms with Crippen molar-refractivity contribution in [1.29, 1.82) is 0 Å². The molecule has 7 heteroatoms. The number of nitrogens with one attached hydrogen (secondary N) is 2. The maximum Gasteiger partial charge on any atom is 0.225 e. The van der Waals surface area contributed by atoms with Crippen LogP contribution in [0.15, 0.2) is 30.3 Å². The summed E-state index contributed by atoms with van der Waals surface area (Å²) in [6, 6.07) is 10.0. The summed E-state index contributed by atoms with van der Waals surface area (Å²) in [6.45, 7) is 0. The molecule has 1 fully saturated rings. The van der Waals surface area contributed by atoms with Gasteiger partial charge >= 0.3 is 0 Å². The monoisotopic (exact) mass is 285 g/mol. The van der Waals surface area contributed by atoms with Gasteiger partial charge in [-0.25, -0.2) is 8.42 Å². The first-order valence-electron chi connectivity index (χ1n) is 5.58. The van der Waals surface area contributed by atoms with Gasteiger partial charge in [0.1, 0.15) is 0 Å². The summed E-state index contributed by atoms with van der Waals surface area (Å²) in [6.07, 6.45) is 3.21. The number of thiocarbonyl (C=S) groups is 1. The molecule has 0 radical (unpaired) electrons. The van der Waals surface area contributed by atoms with Crippen molar-refractivity contribution in [2.24, 2.45) is 0 Å². The number of rotatable bonds is 4. The molecule has 98 valence electrons. The molecule has 0 aromatic heterocycles. The van der Waals surface area contributed by atoms with Crippen LogP contribution < -0.4 is 15.2 Å². The molecule has 1 aliphatic carbocycles. The summed E-state index contributed by atoms with van der Waals surface area (Å²) in [4.78, 5) is 4.13. The highest BCUT2D eigenvalue weighted by Crippen LogP contribution is 2.31. The van der Waals surface area contributed by atoms with Crippen molar-refractivity contribution < 1.29 is 8.42 Å². The fourth-order valence-corrected chi connectivity index (χ4v) is 2.26. The van der Waals surface area contributed by atoms with Gasteiger partial charge in [0.2, 0.25) is 10.0 Å². The normalized spacial score (nSPS) is 15.2. The number of hydrazine groups is 1. The molecule has 0 bridgehead atoms. The van der Waals surface area contributed by atoms with E-state index >= 15 is 0 Å². The third kappa shape index (κ3) is 3.66. The first kappa shape index (κ1) is 13.3. The Hall–Kier alpha value is -1.18. The first-order valence-corrected chi connectivity index (χ1v) is 7.88. The van der Waals surface area contributed by atoms with Gasteiger partial charge < -0.3 is 4.90 Å². The lowest BCUT2D eigenvalue weighted by molar-refractivity contribution is 0.583. The minimum atomic E-state index is -3.32. The van der Waals surface area contributed by atoms with Crippen LogP contribution in [0.2, 0.25) is 0 Å². The molecule has 1 aliphatic rings. The van der Waals surface area contributed by atoms with Gasteiger partial charge in [-0.2, -0.15) is 0 Å². The van der Waals surface area contributed by atoms with Crippen molar-refractivity contribution in [2.45, 2.75) is 18.9 Å². The quantitative estimate of drug-likeness (QED) is 0.638. The summed E-state index contributed by atoms with van der Waals surface area (Å²) in [5, 5.41) is 0.370. The highest BCUT2D eigenvalue weighted by Gasteiger charge is 2.32. The van der Waals surface area contributed by atoms with Crippen LogP contribution in [0, 0.1) is 0 Å². The van der Waals surface area contributed by atoms with Crippen molar-refractivity contribution in [3.63, 3.8) is 0 Å². The highest BCUT2D eigenvalue weighted by molar-refractivity contribution is 7.88. The predicted molar refractivity (Wildman–Crippen MR) is 75.7 cm³/mol. The fourth-order valence-electron chi connectivity index (χ4n) is 1.61. The molecule has 1 saturated carbocycles. The van der Waals surface area contributed by atoms with Crippen LogP contribution in [0.25, 0.3) is 0 Å². The molecule has 0 spiro atoms. The SMILES string of the molecule is CS(=O)(=O)NNC(=S)N(c1ccccc1)C1CC1. The summed E-state index contributed by atoms with van der Waals surface area (Å²) in [5.41, 5.74) is 3.53. The second kappa shape index (κ2) is 5.21. The second-order valence-corrected chi connectivity index (χ2v) is 6.38. The molecule has 1 aromatic rings. The van der Waals surface area contributed by atoms with Crippen molar-refractivity contribution >= 4 is 33.0 Å². The molecular weight excluding hydrogens is 270 g/mol. The van der Waals surface area contributed by atoms with Gasteiger partial charge in [-0.1, -0.05) is 18.2 Å². The van der Waals surface area contributed by atoms with Gasteiger partial charge in [-0.15, -0.1) is 4.83 Å². The number of sulfonamides is 1. The average Bonchev–Trinajstić information content (AvgIpc) is 3.12. The lowest BCUT2D eigenvalue weighted by Gasteiger charge is -2.25. The predicted octanol–water partition coefficient (Wildman–Crippen LogP) is 0.994. The number of nitrogens with zero attached hydrogens (tertiary/aromatic N) is 1. The molecule has 0 saturated heterocycles. The molecular formula is C11H15N3O2S2. The van der Waals surface area contributed by atoms with Gasteiger partial charge in [0.05, 0.1) is 6.26 Å². The summed E-state index contributed by atoms with van der Waals surface area (Å²) in [5.74, 6) is 0. The van der Waals surface area contributed by atoms with Crippen molar-refractivity contribution in [3.05, 3.63) is 30.3 Å². The lowest BCUT2D eigenvalue weighted by Crippen LogP contribution is -2.49. The van der Waals surface area contributed by atoms with E-state index in [1.165, 1.54) is 0 Å². The molecule has 5 nitrogen and oxygen atoms in total. The lowest BCUT2D eigenvalue weighted by atomic mass is 10.3. The van der Waals surface area contributed by atoms with Crippen LogP contribution >= 0.6 is 12.2 Å². The topological polar surface area (TPSA) is 61.4 Å². The van der Waals surface area contributed by atoms with E-state index in [0.717, 1.165) is 24.8 Å². The van der Waals surface area contributed by atoms with Crippen LogP contribution in [0.3, 0.4) is 0 Å². The molecule has 0 amide bonds. The van der Waals surface area contributed by atoms with Gasteiger partial charge in [0, 0.05) is 11.7 Å². The van der Waals surface area contributed by atoms with E-state index in [1.54, 1.807) is 0 Å². The van der Waals surface area contributed by atoms with E-state index in [9.17, 15) is 8.42 Å². The smallest absolute Gasteiger partial charge is 0.225 e. The Labute approximate surface area is 112 Å². The Morgan fingerprint density at radius 2 is 1.94 bits per heavy atom. The zero-order chi connectivity index (χ0) is 13.2. The van der Waals surface area contributed by atoms with E-state index in [1.807, 2.05) is 35.2 Å². The van der Waals surface area contributed by atoms with Gasteiger partial charge in [0.25, 0.3) is 0 Å². The number of para-hydroxylation sites is 1. The van der Waals surface area contributed by atoms with Crippen LogP contribution in [-0.2, 0) is 10.0 Å². The Morgan fingerprint density at radius 1 is 1.33 bits per heavy atom. The van der Waals surface area contributed by atoms with E-state index < -0.39 is 10.0 Å². The molecule has 0 atom stereocenters. The van der Waals surface area contributed by atoms with Crippen LogP contribution in [-0.4, -0.2) is 25.8 Å². The van der Waals surface area contributed by atoms with E-state index in [2.05, 4.69) is 10.3 Å². The summed E-state index contributed by atoms with van der Waals surface area (Å²) >= 11 is 5.23. The minimum Gasteiger partial charge on any atom is -0.315 e. The van der Waals surface area contributed by atoms with E-state index in [-0.39, 0.29) is 0 Å². The average molecular weight is 285 g/mol. The molecule has 18 heavy (non-hydrogen) atoms. The molecule has 0 unspecified atom stereocenters. The number of hydrogen-bond donors (Lipinski definition) is 2. The molecule has 1 aromatic carbocycles. The number of anilines is 1. The Balaban J connectivity index is 2.09. The summed E-state index contributed by atoms with van der Waals surface area (Å²) in [7, 11) is -3.32. The molecule has 0 aliphatic heterocycles. The third-order valence-corrected chi connectivity index (χ3v) is 3.28. The highest BCUT2D eigenvalue weighted by atomic mass is 32.2. The van der Waals surface area contributed by atoms with E-state index in [0.29, 0.717) is 11.2 Å². The first-order chi connectivity index (χ1) is 8.47. The Kier molecular flexibility index (Phi) is 3.84. The maximum absolute atomic E-state index is 11.0. The van der Waals surface area contributed by atoms with Crippen LogP contribution in [0.4, 0.5) is 5.69 Å². The van der Waals surface area contributed by atoms with Crippen molar-refractivity contribution in [2.75, 3.05) is 11.2 Å². The Morgan fingerprint density at radius 3 is 2.44 bits per heavy atom. The molecule has 2 N–H and O–H groups in total. The fraction of sp³-hybridized carbons (Fsp3) is 0.364. The molecule has 2 rings (SSSR count). The Bertz CT molecular complexity index is 526. The second-order valence-electron chi connectivity index (χ2n) is 4.24. The van der Waals surface area contributed by atoms with Crippen LogP contribution in [0.1, 0.15) is 12.8 Å². The maximum atomic E-state index is 11.0. The standard InChI is InChI=1S/C11H15N3O2S2/c1-18(15,16)13-12-11(17)14(10-7-8-10)9-5-3-2-4-6-9/h2-6,10,13H,7-8H2,1H3,(H,12,17).